The Bertz CT molecular complexity index is 919. The van der Waals surface area contributed by atoms with Gasteiger partial charge in [-0.05, 0) is 29.7 Å². The first kappa shape index (κ1) is 12.3. The second-order valence-electron chi connectivity index (χ2n) is 4.96. The lowest BCUT2D eigenvalue weighted by Crippen LogP contribution is -1.97. The molecule has 2 aromatic heterocycles. The molecule has 2 aromatic carbocycles. The third kappa shape index (κ3) is 2.14. The zero-order chi connectivity index (χ0) is 14.2. The molecule has 0 atom stereocenters. The molecule has 2 heterocycles. The molecule has 102 valence electrons. The van der Waals surface area contributed by atoms with E-state index in [1.165, 1.54) is 4.70 Å². The molecule has 0 fully saturated rings. The molecular weight excluding hydrogens is 280 g/mol. The lowest BCUT2D eigenvalue weighted by molar-refractivity contribution is 0.112. The van der Waals surface area contributed by atoms with Crippen molar-refractivity contribution >= 4 is 38.7 Å². The summed E-state index contributed by atoms with van der Waals surface area (Å²) in [6.45, 7) is 0.727. The van der Waals surface area contributed by atoms with E-state index >= 15 is 0 Å². The Morgan fingerprint density at radius 1 is 1.14 bits per heavy atom. The van der Waals surface area contributed by atoms with E-state index in [0.29, 0.717) is 5.56 Å². The van der Waals surface area contributed by atoms with E-state index in [4.69, 9.17) is 0 Å². The highest BCUT2D eigenvalue weighted by atomic mass is 32.1. The largest absolute Gasteiger partial charge is 0.341 e. The molecule has 0 amide bonds. The molecule has 0 spiro atoms. The van der Waals surface area contributed by atoms with E-state index in [2.05, 4.69) is 21.7 Å². The number of hydrogen-bond donors (Lipinski definition) is 0. The zero-order valence-corrected chi connectivity index (χ0v) is 12.0. The van der Waals surface area contributed by atoms with Crippen LogP contribution in [-0.2, 0) is 6.54 Å². The second kappa shape index (κ2) is 4.82. The first-order valence-electron chi connectivity index (χ1n) is 6.72. The normalized spacial score (nSPS) is 11.2. The Balaban J connectivity index is 1.77. The third-order valence-electron chi connectivity index (χ3n) is 3.58. The van der Waals surface area contributed by atoms with Crippen molar-refractivity contribution in [3.8, 4) is 0 Å². The van der Waals surface area contributed by atoms with Crippen LogP contribution in [0.1, 0.15) is 15.4 Å². The van der Waals surface area contributed by atoms with Crippen LogP contribution in [0.25, 0.3) is 21.1 Å². The van der Waals surface area contributed by atoms with Crippen molar-refractivity contribution < 1.29 is 4.79 Å². The highest BCUT2D eigenvalue weighted by Gasteiger charge is 2.07. The molecule has 0 saturated heterocycles. The number of fused-ring (bicyclic) bond motifs is 2. The SMILES string of the molecule is O=Cc1ccc2ccn(Cc3nc4ccccc4s3)c2c1. The highest BCUT2D eigenvalue weighted by molar-refractivity contribution is 7.18. The number of hydrogen-bond acceptors (Lipinski definition) is 3. The molecule has 0 N–H and O–H groups in total. The quantitative estimate of drug-likeness (QED) is 0.533. The predicted molar refractivity (Wildman–Crippen MR) is 86.0 cm³/mol. The third-order valence-corrected chi connectivity index (χ3v) is 4.60. The van der Waals surface area contributed by atoms with Crippen LogP contribution in [0.4, 0.5) is 0 Å². The Morgan fingerprint density at radius 2 is 2.05 bits per heavy atom. The number of aromatic nitrogens is 2. The molecular formula is C17H12N2OS. The standard InChI is InChI=1S/C17H12N2OS/c20-11-12-5-6-13-7-8-19(15(13)9-12)10-17-18-14-3-1-2-4-16(14)21-17/h1-9,11H,10H2. The van der Waals surface area contributed by atoms with Gasteiger partial charge >= 0.3 is 0 Å². The minimum absolute atomic E-state index is 0.701. The maximum Gasteiger partial charge on any atom is 0.150 e. The van der Waals surface area contributed by atoms with Crippen LogP contribution in [0.3, 0.4) is 0 Å². The molecule has 0 aliphatic rings. The maximum absolute atomic E-state index is 10.9. The summed E-state index contributed by atoms with van der Waals surface area (Å²) in [7, 11) is 0. The fourth-order valence-corrected chi connectivity index (χ4v) is 3.51. The van der Waals surface area contributed by atoms with Crippen molar-refractivity contribution in [2.75, 3.05) is 0 Å². The number of carbonyl (C=O) groups excluding carboxylic acids is 1. The molecule has 0 aliphatic carbocycles. The average Bonchev–Trinajstić information content (AvgIpc) is 3.10. The van der Waals surface area contributed by atoms with Gasteiger partial charge in [0.1, 0.15) is 11.3 Å². The smallest absolute Gasteiger partial charge is 0.150 e. The van der Waals surface area contributed by atoms with Crippen LogP contribution < -0.4 is 0 Å². The Hall–Kier alpha value is -2.46. The average molecular weight is 292 g/mol. The molecule has 0 bridgehead atoms. The van der Waals surface area contributed by atoms with E-state index in [1.54, 1.807) is 11.3 Å². The van der Waals surface area contributed by atoms with Crippen molar-refractivity contribution in [2.24, 2.45) is 0 Å². The summed E-state index contributed by atoms with van der Waals surface area (Å²) in [6, 6.07) is 16.0. The molecule has 4 aromatic rings. The molecule has 21 heavy (non-hydrogen) atoms. The number of para-hydroxylation sites is 1. The summed E-state index contributed by atoms with van der Waals surface area (Å²) in [5.74, 6) is 0. The van der Waals surface area contributed by atoms with Gasteiger partial charge in [-0.1, -0.05) is 24.3 Å². The Kier molecular flexibility index (Phi) is 2.82. The van der Waals surface area contributed by atoms with Gasteiger partial charge in [-0.25, -0.2) is 4.98 Å². The highest BCUT2D eigenvalue weighted by Crippen LogP contribution is 2.24. The molecule has 0 unspecified atom stereocenters. The van der Waals surface area contributed by atoms with Gasteiger partial charge in [0, 0.05) is 17.3 Å². The summed E-state index contributed by atoms with van der Waals surface area (Å²) >= 11 is 1.71. The minimum atomic E-state index is 0.701. The Labute approximate surface area is 125 Å². The van der Waals surface area contributed by atoms with Crippen molar-refractivity contribution in [1.82, 2.24) is 9.55 Å². The van der Waals surface area contributed by atoms with Crippen LogP contribution in [-0.4, -0.2) is 15.8 Å². The molecule has 0 aliphatic heterocycles. The lowest BCUT2D eigenvalue weighted by Gasteiger charge is -2.03. The van der Waals surface area contributed by atoms with Crippen LogP contribution in [0, 0.1) is 0 Å². The van der Waals surface area contributed by atoms with E-state index in [9.17, 15) is 4.79 Å². The number of benzene rings is 2. The topological polar surface area (TPSA) is 34.9 Å². The predicted octanol–water partition coefficient (Wildman–Crippen LogP) is 4.11. The number of nitrogens with zero attached hydrogens (tertiary/aromatic N) is 2. The van der Waals surface area contributed by atoms with E-state index < -0.39 is 0 Å². The summed E-state index contributed by atoms with van der Waals surface area (Å²) < 4.78 is 3.34. The van der Waals surface area contributed by atoms with Crippen LogP contribution >= 0.6 is 11.3 Å². The molecule has 4 heteroatoms. The number of rotatable bonds is 3. The first-order chi connectivity index (χ1) is 10.3. The van der Waals surface area contributed by atoms with Crippen LogP contribution in [0.15, 0.2) is 54.7 Å². The van der Waals surface area contributed by atoms with Gasteiger partial charge in [0.15, 0.2) is 0 Å². The van der Waals surface area contributed by atoms with Gasteiger partial charge in [0.25, 0.3) is 0 Å². The monoisotopic (exact) mass is 292 g/mol. The van der Waals surface area contributed by atoms with Crippen molar-refractivity contribution in [1.29, 1.82) is 0 Å². The van der Waals surface area contributed by atoms with Gasteiger partial charge in [-0.2, -0.15) is 0 Å². The van der Waals surface area contributed by atoms with E-state index in [1.807, 2.05) is 42.6 Å². The summed E-state index contributed by atoms with van der Waals surface area (Å²) in [6.07, 6.45) is 2.93. The van der Waals surface area contributed by atoms with Gasteiger partial charge in [-0.15, -0.1) is 11.3 Å². The van der Waals surface area contributed by atoms with Gasteiger partial charge < -0.3 is 4.57 Å². The van der Waals surface area contributed by atoms with E-state index in [-0.39, 0.29) is 0 Å². The summed E-state index contributed by atoms with van der Waals surface area (Å²) in [5.41, 5.74) is 2.81. The van der Waals surface area contributed by atoms with Crippen molar-refractivity contribution in [3.63, 3.8) is 0 Å². The fourth-order valence-electron chi connectivity index (χ4n) is 2.55. The van der Waals surface area contributed by atoms with Gasteiger partial charge in [-0.3, -0.25) is 4.79 Å². The summed E-state index contributed by atoms with van der Waals surface area (Å²) in [5, 5.41) is 2.21. The second-order valence-corrected chi connectivity index (χ2v) is 6.07. The number of thiazole rings is 1. The minimum Gasteiger partial charge on any atom is -0.341 e. The van der Waals surface area contributed by atoms with Gasteiger partial charge in [0.05, 0.1) is 16.8 Å². The van der Waals surface area contributed by atoms with Crippen LogP contribution in [0.2, 0.25) is 0 Å². The first-order valence-corrected chi connectivity index (χ1v) is 7.54. The zero-order valence-electron chi connectivity index (χ0n) is 11.2. The number of carbonyl (C=O) groups is 1. The fraction of sp³-hybridized carbons (Fsp3) is 0.0588. The molecule has 0 saturated carbocycles. The molecule has 3 nitrogen and oxygen atoms in total. The maximum atomic E-state index is 10.9. The van der Waals surface area contributed by atoms with Crippen molar-refractivity contribution in [3.05, 3.63) is 65.3 Å². The van der Waals surface area contributed by atoms with Crippen LogP contribution in [0.5, 0.6) is 0 Å². The summed E-state index contributed by atoms with van der Waals surface area (Å²) in [4.78, 5) is 15.6. The van der Waals surface area contributed by atoms with Crippen molar-refractivity contribution in [2.45, 2.75) is 6.54 Å². The van der Waals surface area contributed by atoms with Gasteiger partial charge in [0.2, 0.25) is 0 Å². The molecule has 4 rings (SSSR count). The lowest BCUT2D eigenvalue weighted by atomic mass is 10.2. The number of aldehydes is 1. The van der Waals surface area contributed by atoms with E-state index in [0.717, 1.165) is 34.3 Å². The Morgan fingerprint density at radius 3 is 2.90 bits per heavy atom. The molecule has 0 radical (unpaired) electrons.